The van der Waals surface area contributed by atoms with Gasteiger partial charge < -0.3 is 15.2 Å². The van der Waals surface area contributed by atoms with Gasteiger partial charge in [0.25, 0.3) is 0 Å². The Morgan fingerprint density at radius 2 is 1.73 bits per heavy atom. The second-order valence-corrected chi connectivity index (χ2v) is 6.19. The highest BCUT2D eigenvalue weighted by Crippen LogP contribution is 2.23. The Hall–Kier alpha value is -2.86. The van der Waals surface area contributed by atoms with Crippen molar-refractivity contribution < 1.29 is 4.79 Å². The van der Waals surface area contributed by atoms with Crippen LogP contribution in [-0.2, 0) is 4.79 Å². The van der Waals surface area contributed by atoms with E-state index in [1.165, 1.54) is 0 Å². The SMILES string of the molecule is O=C(C[C@@H](c1ccc(Cl)cc1)n1cccc1)NCCNc1ncccn1. The molecule has 2 aromatic heterocycles. The molecule has 0 aliphatic heterocycles. The Bertz CT molecular complexity index is 806. The molecule has 0 unspecified atom stereocenters. The lowest BCUT2D eigenvalue weighted by molar-refractivity contribution is -0.121. The van der Waals surface area contributed by atoms with Crippen molar-refractivity contribution in [2.75, 3.05) is 18.4 Å². The molecule has 0 spiro atoms. The fourth-order valence-electron chi connectivity index (χ4n) is 2.65. The molecule has 0 saturated heterocycles. The van der Waals surface area contributed by atoms with E-state index in [1.807, 2.05) is 53.4 Å². The first-order chi connectivity index (χ1) is 12.7. The van der Waals surface area contributed by atoms with E-state index in [9.17, 15) is 4.79 Å². The van der Waals surface area contributed by atoms with E-state index >= 15 is 0 Å². The predicted octanol–water partition coefficient (Wildman–Crippen LogP) is 3.14. The van der Waals surface area contributed by atoms with Gasteiger partial charge >= 0.3 is 0 Å². The fourth-order valence-corrected chi connectivity index (χ4v) is 2.78. The van der Waals surface area contributed by atoms with E-state index in [4.69, 9.17) is 11.6 Å². The lowest BCUT2D eigenvalue weighted by Gasteiger charge is -2.19. The molecule has 0 radical (unpaired) electrons. The second-order valence-electron chi connectivity index (χ2n) is 5.75. The molecule has 7 heteroatoms. The molecule has 2 N–H and O–H groups in total. The number of anilines is 1. The molecular formula is C19H20ClN5O. The van der Waals surface area contributed by atoms with E-state index in [0.29, 0.717) is 30.5 Å². The maximum Gasteiger partial charge on any atom is 0.222 e. The summed E-state index contributed by atoms with van der Waals surface area (Å²) in [7, 11) is 0. The van der Waals surface area contributed by atoms with Gasteiger partial charge in [0.05, 0.1) is 12.5 Å². The average molecular weight is 370 g/mol. The van der Waals surface area contributed by atoms with Crippen molar-refractivity contribution in [2.24, 2.45) is 0 Å². The van der Waals surface area contributed by atoms with E-state index in [-0.39, 0.29) is 11.9 Å². The Labute approximate surface area is 157 Å². The standard InChI is InChI=1S/C19H20ClN5O/c20-16-6-4-15(5-7-16)17(25-12-1-2-13-25)14-18(26)21-10-11-24-19-22-8-3-9-23-19/h1-9,12-13,17H,10-11,14H2,(H,21,26)(H,22,23,24)/t17-/m0/s1. The smallest absolute Gasteiger partial charge is 0.222 e. The van der Waals surface area contributed by atoms with Crippen LogP contribution in [0.25, 0.3) is 0 Å². The van der Waals surface area contributed by atoms with E-state index < -0.39 is 0 Å². The molecule has 26 heavy (non-hydrogen) atoms. The molecule has 0 aliphatic carbocycles. The van der Waals surface area contributed by atoms with Crippen LogP contribution >= 0.6 is 11.6 Å². The fraction of sp³-hybridized carbons (Fsp3) is 0.211. The molecule has 0 fully saturated rings. The molecule has 3 rings (SSSR count). The maximum absolute atomic E-state index is 12.4. The molecule has 0 bridgehead atoms. The summed E-state index contributed by atoms with van der Waals surface area (Å²) in [6, 6.07) is 13.2. The van der Waals surface area contributed by atoms with Gasteiger partial charge in [0, 0.05) is 42.9 Å². The molecule has 1 aromatic carbocycles. The summed E-state index contributed by atoms with van der Waals surface area (Å²) >= 11 is 5.98. The van der Waals surface area contributed by atoms with Gasteiger partial charge in [0.15, 0.2) is 0 Å². The molecule has 134 valence electrons. The highest BCUT2D eigenvalue weighted by molar-refractivity contribution is 6.30. The van der Waals surface area contributed by atoms with E-state index in [1.54, 1.807) is 18.5 Å². The van der Waals surface area contributed by atoms with Crippen molar-refractivity contribution >= 4 is 23.5 Å². The van der Waals surface area contributed by atoms with E-state index in [2.05, 4.69) is 20.6 Å². The van der Waals surface area contributed by atoms with Gasteiger partial charge in [-0.15, -0.1) is 0 Å². The number of nitrogens with zero attached hydrogens (tertiary/aromatic N) is 3. The van der Waals surface area contributed by atoms with Crippen LogP contribution in [0.5, 0.6) is 0 Å². The molecule has 1 atom stereocenters. The zero-order valence-corrected chi connectivity index (χ0v) is 14.9. The Kier molecular flexibility index (Phi) is 6.22. The van der Waals surface area contributed by atoms with Crippen LogP contribution in [-0.4, -0.2) is 33.5 Å². The number of aromatic nitrogens is 3. The summed E-state index contributed by atoms with van der Waals surface area (Å²) < 4.78 is 2.03. The third kappa shape index (κ3) is 5.07. The minimum absolute atomic E-state index is 0.0190. The van der Waals surface area contributed by atoms with Crippen molar-refractivity contribution in [1.82, 2.24) is 19.9 Å². The number of hydrogen-bond donors (Lipinski definition) is 2. The summed E-state index contributed by atoms with van der Waals surface area (Å²) in [4.78, 5) is 20.5. The summed E-state index contributed by atoms with van der Waals surface area (Å²) in [5.41, 5.74) is 1.04. The van der Waals surface area contributed by atoms with Gasteiger partial charge in [-0.3, -0.25) is 4.79 Å². The maximum atomic E-state index is 12.4. The van der Waals surface area contributed by atoms with Crippen molar-refractivity contribution in [3.8, 4) is 0 Å². The number of carbonyl (C=O) groups excluding carboxylic acids is 1. The summed E-state index contributed by atoms with van der Waals surface area (Å²) in [5, 5.41) is 6.67. The highest BCUT2D eigenvalue weighted by Gasteiger charge is 2.17. The second kappa shape index (κ2) is 9.01. The molecule has 2 heterocycles. The van der Waals surface area contributed by atoms with Gasteiger partial charge in [0.2, 0.25) is 11.9 Å². The molecule has 6 nitrogen and oxygen atoms in total. The van der Waals surface area contributed by atoms with Gasteiger partial charge in [0.1, 0.15) is 0 Å². The Morgan fingerprint density at radius 3 is 2.42 bits per heavy atom. The van der Waals surface area contributed by atoms with Crippen LogP contribution < -0.4 is 10.6 Å². The summed E-state index contributed by atoms with van der Waals surface area (Å²) in [6.07, 6.45) is 7.60. The van der Waals surface area contributed by atoms with Crippen molar-refractivity contribution in [3.05, 3.63) is 77.8 Å². The number of benzene rings is 1. The number of amides is 1. The number of rotatable bonds is 8. The molecule has 0 aliphatic rings. The van der Waals surface area contributed by atoms with E-state index in [0.717, 1.165) is 5.56 Å². The van der Waals surface area contributed by atoms with Gasteiger partial charge in [-0.25, -0.2) is 9.97 Å². The van der Waals surface area contributed by atoms with Crippen LogP contribution in [0.15, 0.2) is 67.3 Å². The van der Waals surface area contributed by atoms with Crippen molar-refractivity contribution in [2.45, 2.75) is 12.5 Å². The summed E-state index contributed by atoms with van der Waals surface area (Å²) in [6.45, 7) is 1.06. The Morgan fingerprint density at radius 1 is 1.04 bits per heavy atom. The quantitative estimate of drug-likeness (QED) is 0.598. The van der Waals surface area contributed by atoms with Gasteiger partial charge in [-0.2, -0.15) is 0 Å². The van der Waals surface area contributed by atoms with Crippen LogP contribution in [0.4, 0.5) is 5.95 Å². The third-order valence-electron chi connectivity index (χ3n) is 3.92. The monoisotopic (exact) mass is 369 g/mol. The minimum atomic E-state index is -0.0762. The number of hydrogen-bond acceptors (Lipinski definition) is 4. The number of carbonyl (C=O) groups is 1. The van der Waals surface area contributed by atoms with Crippen LogP contribution in [0.3, 0.4) is 0 Å². The number of halogens is 1. The zero-order valence-electron chi connectivity index (χ0n) is 14.2. The predicted molar refractivity (Wildman–Crippen MR) is 102 cm³/mol. The topological polar surface area (TPSA) is 71.8 Å². The first-order valence-corrected chi connectivity index (χ1v) is 8.75. The Balaban J connectivity index is 1.55. The molecule has 3 aromatic rings. The average Bonchev–Trinajstić information content (AvgIpc) is 3.19. The largest absolute Gasteiger partial charge is 0.354 e. The lowest BCUT2D eigenvalue weighted by atomic mass is 10.0. The van der Waals surface area contributed by atoms with Gasteiger partial charge in [-0.05, 0) is 35.9 Å². The normalized spacial score (nSPS) is 11.7. The molecule has 0 saturated carbocycles. The first-order valence-electron chi connectivity index (χ1n) is 8.38. The first kappa shape index (κ1) is 17.9. The van der Waals surface area contributed by atoms with Crippen LogP contribution in [0, 0.1) is 0 Å². The molecular weight excluding hydrogens is 350 g/mol. The summed E-state index contributed by atoms with van der Waals surface area (Å²) in [5.74, 6) is 0.530. The van der Waals surface area contributed by atoms with Crippen molar-refractivity contribution in [1.29, 1.82) is 0 Å². The third-order valence-corrected chi connectivity index (χ3v) is 4.17. The highest BCUT2D eigenvalue weighted by atomic mass is 35.5. The van der Waals surface area contributed by atoms with Crippen LogP contribution in [0.1, 0.15) is 18.0 Å². The number of nitrogens with one attached hydrogen (secondary N) is 2. The lowest BCUT2D eigenvalue weighted by Crippen LogP contribution is -2.31. The zero-order chi connectivity index (χ0) is 18.2. The minimum Gasteiger partial charge on any atom is -0.354 e. The van der Waals surface area contributed by atoms with Crippen molar-refractivity contribution in [3.63, 3.8) is 0 Å². The molecule has 1 amide bonds. The van der Waals surface area contributed by atoms with Crippen LogP contribution in [0.2, 0.25) is 5.02 Å². The van der Waals surface area contributed by atoms with Gasteiger partial charge in [-0.1, -0.05) is 23.7 Å².